The number of aromatic nitrogens is 5. The molecular weight excluding hydrogens is 332 g/mol. The summed E-state index contributed by atoms with van der Waals surface area (Å²) in [4.78, 5) is 24.0. The maximum Gasteiger partial charge on any atom is 0.281 e. The number of nitrogens with zero attached hydrogens (tertiary/aromatic N) is 5. The molecular formula is C18H14N6O2. The minimum absolute atomic E-state index is 0.180. The molecule has 0 atom stereocenters. The van der Waals surface area contributed by atoms with E-state index in [0.717, 1.165) is 11.3 Å². The van der Waals surface area contributed by atoms with Crippen LogP contribution in [0.1, 0.15) is 15.9 Å². The summed E-state index contributed by atoms with van der Waals surface area (Å²) in [6.45, 7) is 0.180. The maximum absolute atomic E-state index is 12.7. The smallest absolute Gasteiger partial charge is 0.281 e. The largest absolute Gasteiger partial charge is 0.366 e. The van der Waals surface area contributed by atoms with Gasteiger partial charge in [0.1, 0.15) is 5.39 Å². The summed E-state index contributed by atoms with van der Waals surface area (Å²) in [5.74, 6) is -0.523. The van der Waals surface area contributed by atoms with E-state index in [4.69, 9.17) is 5.73 Å². The first-order valence-electron chi connectivity index (χ1n) is 7.89. The molecule has 2 N–H and O–H groups in total. The topological polar surface area (TPSA) is 109 Å². The number of amides is 1. The molecule has 0 radical (unpaired) electrons. The molecule has 0 saturated heterocycles. The van der Waals surface area contributed by atoms with Crippen LogP contribution in [0.25, 0.3) is 16.7 Å². The Kier molecular flexibility index (Phi) is 3.77. The molecule has 128 valence electrons. The molecule has 2 heterocycles. The van der Waals surface area contributed by atoms with Gasteiger partial charge in [0.2, 0.25) is 5.91 Å². The number of nitrogens with two attached hydrogens (primary N) is 1. The molecule has 0 aliphatic rings. The van der Waals surface area contributed by atoms with E-state index in [9.17, 15) is 9.59 Å². The van der Waals surface area contributed by atoms with E-state index >= 15 is 0 Å². The normalized spacial score (nSPS) is 10.9. The van der Waals surface area contributed by atoms with E-state index < -0.39 is 5.91 Å². The van der Waals surface area contributed by atoms with Crippen molar-refractivity contribution < 1.29 is 4.79 Å². The van der Waals surface area contributed by atoms with Crippen molar-refractivity contribution >= 4 is 16.9 Å². The van der Waals surface area contributed by atoms with Crippen LogP contribution < -0.4 is 11.3 Å². The second-order valence-electron chi connectivity index (χ2n) is 5.75. The number of primary amides is 1. The van der Waals surface area contributed by atoms with Gasteiger partial charge in [-0.3, -0.25) is 9.59 Å². The fourth-order valence-electron chi connectivity index (χ4n) is 2.72. The average molecular weight is 346 g/mol. The summed E-state index contributed by atoms with van der Waals surface area (Å²) in [5, 5.41) is 12.8. The van der Waals surface area contributed by atoms with Crippen LogP contribution in [0.5, 0.6) is 0 Å². The highest BCUT2D eigenvalue weighted by Crippen LogP contribution is 2.13. The van der Waals surface area contributed by atoms with Crippen molar-refractivity contribution in [2.75, 3.05) is 0 Å². The monoisotopic (exact) mass is 346 g/mol. The minimum Gasteiger partial charge on any atom is -0.366 e. The fraction of sp³-hybridized carbons (Fsp3) is 0.0556. The Morgan fingerprint density at radius 2 is 1.88 bits per heavy atom. The van der Waals surface area contributed by atoms with Gasteiger partial charge in [-0.1, -0.05) is 35.5 Å². The number of carbonyl (C=O) groups excluding carboxylic acids is 1. The summed E-state index contributed by atoms with van der Waals surface area (Å²) in [7, 11) is 0. The summed E-state index contributed by atoms with van der Waals surface area (Å²) >= 11 is 0. The highest BCUT2D eigenvalue weighted by Gasteiger charge is 2.13. The fourth-order valence-corrected chi connectivity index (χ4v) is 2.72. The molecule has 0 unspecified atom stereocenters. The summed E-state index contributed by atoms with van der Waals surface area (Å²) in [6.07, 6.45) is 1.48. The maximum atomic E-state index is 12.7. The third kappa shape index (κ3) is 2.73. The standard InChI is InChI=1S/C18H14N6O2/c19-16(25)13-6-4-5-12(9-13)11-23-18(26)15-10-20-24(17(15)21-22-23)14-7-2-1-3-8-14/h1-10H,11H2,(H2,19,25). The molecule has 0 aliphatic heterocycles. The van der Waals surface area contributed by atoms with E-state index in [0.29, 0.717) is 16.6 Å². The molecule has 0 saturated carbocycles. The number of hydrogen-bond donors (Lipinski definition) is 1. The Balaban J connectivity index is 1.74. The van der Waals surface area contributed by atoms with Crippen LogP contribution >= 0.6 is 0 Å². The van der Waals surface area contributed by atoms with Crippen molar-refractivity contribution in [1.29, 1.82) is 0 Å². The Morgan fingerprint density at radius 1 is 1.08 bits per heavy atom. The van der Waals surface area contributed by atoms with Gasteiger partial charge in [0.25, 0.3) is 5.56 Å². The number of fused-ring (bicyclic) bond motifs is 1. The molecule has 26 heavy (non-hydrogen) atoms. The van der Waals surface area contributed by atoms with Gasteiger partial charge < -0.3 is 5.73 Å². The van der Waals surface area contributed by atoms with Gasteiger partial charge in [-0.2, -0.15) is 5.10 Å². The molecule has 4 rings (SSSR count). The molecule has 4 aromatic rings. The lowest BCUT2D eigenvalue weighted by molar-refractivity contribution is 0.1000. The summed E-state index contributed by atoms with van der Waals surface area (Å²) in [6, 6.07) is 16.1. The summed E-state index contributed by atoms with van der Waals surface area (Å²) in [5.41, 5.74) is 7.28. The molecule has 2 aromatic heterocycles. The highest BCUT2D eigenvalue weighted by molar-refractivity contribution is 5.92. The lowest BCUT2D eigenvalue weighted by Gasteiger charge is -2.06. The molecule has 8 heteroatoms. The van der Waals surface area contributed by atoms with Gasteiger partial charge in [0.05, 0.1) is 18.4 Å². The van der Waals surface area contributed by atoms with E-state index in [1.165, 1.54) is 10.9 Å². The van der Waals surface area contributed by atoms with Crippen LogP contribution in [0.3, 0.4) is 0 Å². The Hall–Kier alpha value is -3.81. The zero-order valence-electron chi connectivity index (χ0n) is 13.6. The third-order valence-electron chi connectivity index (χ3n) is 4.00. The number of para-hydroxylation sites is 1. The predicted molar refractivity (Wildman–Crippen MR) is 95.0 cm³/mol. The van der Waals surface area contributed by atoms with Crippen LogP contribution in [0.15, 0.2) is 65.6 Å². The SMILES string of the molecule is NC(=O)c1cccc(Cn2nnc3c(cnn3-c3ccccc3)c2=O)c1. The van der Waals surface area contributed by atoms with Crippen LogP contribution in [-0.4, -0.2) is 30.7 Å². The van der Waals surface area contributed by atoms with Crippen molar-refractivity contribution in [3.05, 3.63) is 82.3 Å². The van der Waals surface area contributed by atoms with Crippen LogP contribution in [0.4, 0.5) is 0 Å². The predicted octanol–water partition coefficient (Wildman–Crippen LogP) is 1.12. The van der Waals surface area contributed by atoms with Gasteiger partial charge in [-0.25, -0.2) is 9.36 Å². The van der Waals surface area contributed by atoms with Crippen molar-refractivity contribution in [3.8, 4) is 5.69 Å². The lowest BCUT2D eigenvalue weighted by Crippen LogP contribution is -2.25. The Labute approximate surface area is 147 Å². The number of benzene rings is 2. The van der Waals surface area contributed by atoms with E-state index in [2.05, 4.69) is 15.4 Å². The van der Waals surface area contributed by atoms with Crippen molar-refractivity contribution in [2.45, 2.75) is 6.54 Å². The van der Waals surface area contributed by atoms with Crippen LogP contribution in [-0.2, 0) is 6.54 Å². The number of carbonyl (C=O) groups is 1. The second kappa shape index (κ2) is 6.25. The van der Waals surface area contributed by atoms with E-state index in [1.54, 1.807) is 28.9 Å². The van der Waals surface area contributed by atoms with E-state index in [1.807, 2.05) is 30.3 Å². The summed E-state index contributed by atoms with van der Waals surface area (Å²) < 4.78 is 2.81. The van der Waals surface area contributed by atoms with Gasteiger partial charge in [-0.15, -0.1) is 5.10 Å². The molecule has 2 aromatic carbocycles. The van der Waals surface area contributed by atoms with Crippen LogP contribution in [0.2, 0.25) is 0 Å². The van der Waals surface area contributed by atoms with Crippen molar-refractivity contribution in [1.82, 2.24) is 24.8 Å². The highest BCUT2D eigenvalue weighted by atomic mass is 16.1. The third-order valence-corrected chi connectivity index (χ3v) is 4.00. The van der Waals surface area contributed by atoms with Crippen molar-refractivity contribution in [3.63, 3.8) is 0 Å². The first-order chi connectivity index (χ1) is 12.6. The Bertz CT molecular complexity index is 1160. The molecule has 0 fully saturated rings. The lowest BCUT2D eigenvalue weighted by atomic mass is 10.1. The number of rotatable bonds is 4. The van der Waals surface area contributed by atoms with Gasteiger partial charge in [0.15, 0.2) is 5.65 Å². The first kappa shape index (κ1) is 15.7. The zero-order valence-corrected chi connectivity index (χ0v) is 13.6. The van der Waals surface area contributed by atoms with Crippen molar-refractivity contribution in [2.24, 2.45) is 5.73 Å². The molecule has 0 aliphatic carbocycles. The average Bonchev–Trinajstić information content (AvgIpc) is 3.10. The number of hydrogen-bond acceptors (Lipinski definition) is 5. The zero-order chi connectivity index (χ0) is 18.1. The van der Waals surface area contributed by atoms with Crippen LogP contribution in [0, 0.1) is 0 Å². The quantitative estimate of drug-likeness (QED) is 0.596. The Morgan fingerprint density at radius 3 is 2.65 bits per heavy atom. The minimum atomic E-state index is -0.523. The second-order valence-corrected chi connectivity index (χ2v) is 5.75. The van der Waals surface area contributed by atoms with Gasteiger partial charge in [-0.05, 0) is 29.8 Å². The molecule has 8 nitrogen and oxygen atoms in total. The molecule has 0 bridgehead atoms. The van der Waals surface area contributed by atoms with Gasteiger partial charge >= 0.3 is 0 Å². The molecule has 1 amide bonds. The first-order valence-corrected chi connectivity index (χ1v) is 7.89. The van der Waals surface area contributed by atoms with E-state index in [-0.39, 0.29) is 12.1 Å². The van der Waals surface area contributed by atoms with Gasteiger partial charge in [0, 0.05) is 5.56 Å². The molecule has 0 spiro atoms.